The summed E-state index contributed by atoms with van der Waals surface area (Å²) in [6.07, 6.45) is 5.82. The molecule has 1 saturated carbocycles. The molecule has 0 aliphatic heterocycles. The highest BCUT2D eigenvalue weighted by Gasteiger charge is 2.24. The first-order chi connectivity index (χ1) is 7.27. The number of aliphatic hydroxyl groups excluding tert-OH is 1. The Hall–Kier alpha value is -0.800. The van der Waals surface area contributed by atoms with Crippen LogP contribution in [0.25, 0.3) is 0 Å². The zero-order valence-corrected chi connectivity index (χ0v) is 9.15. The number of rotatable bonds is 3. The lowest BCUT2D eigenvalue weighted by Crippen LogP contribution is -2.43. The SMILES string of the molecule is C[C@H](N[C@@H]1CCCC[C@@H]1O)c1ccco1. The van der Waals surface area contributed by atoms with E-state index in [1.165, 1.54) is 6.42 Å². The Morgan fingerprint density at radius 3 is 2.93 bits per heavy atom. The monoisotopic (exact) mass is 209 g/mol. The molecule has 2 N–H and O–H groups in total. The Morgan fingerprint density at radius 1 is 1.47 bits per heavy atom. The summed E-state index contributed by atoms with van der Waals surface area (Å²) in [6, 6.07) is 4.26. The van der Waals surface area contributed by atoms with Gasteiger partial charge in [0, 0.05) is 6.04 Å². The van der Waals surface area contributed by atoms with Crippen molar-refractivity contribution in [3.05, 3.63) is 24.2 Å². The highest BCUT2D eigenvalue weighted by molar-refractivity contribution is 5.03. The second kappa shape index (κ2) is 4.81. The summed E-state index contributed by atoms with van der Waals surface area (Å²) in [4.78, 5) is 0. The topological polar surface area (TPSA) is 45.4 Å². The van der Waals surface area contributed by atoms with Crippen LogP contribution in [0.15, 0.2) is 22.8 Å². The normalized spacial score (nSPS) is 28.9. The van der Waals surface area contributed by atoms with Gasteiger partial charge in [-0.25, -0.2) is 0 Å². The minimum atomic E-state index is -0.198. The van der Waals surface area contributed by atoms with Gasteiger partial charge in [0.15, 0.2) is 0 Å². The Bertz CT molecular complexity index is 284. The van der Waals surface area contributed by atoms with E-state index in [2.05, 4.69) is 12.2 Å². The molecule has 0 radical (unpaired) electrons. The highest BCUT2D eigenvalue weighted by Crippen LogP contribution is 2.22. The van der Waals surface area contributed by atoms with E-state index in [1.807, 2.05) is 12.1 Å². The molecular formula is C12H19NO2. The summed E-state index contributed by atoms with van der Waals surface area (Å²) < 4.78 is 5.33. The van der Waals surface area contributed by atoms with E-state index in [9.17, 15) is 5.11 Å². The maximum absolute atomic E-state index is 9.82. The van der Waals surface area contributed by atoms with Crippen LogP contribution < -0.4 is 5.32 Å². The smallest absolute Gasteiger partial charge is 0.120 e. The van der Waals surface area contributed by atoms with Crippen molar-refractivity contribution in [2.75, 3.05) is 0 Å². The number of hydrogen-bond donors (Lipinski definition) is 2. The Labute approximate surface area is 90.5 Å². The molecule has 3 nitrogen and oxygen atoms in total. The van der Waals surface area contributed by atoms with Crippen LogP contribution in [0.3, 0.4) is 0 Å². The van der Waals surface area contributed by atoms with Gasteiger partial charge in [0.05, 0.1) is 18.4 Å². The molecule has 0 bridgehead atoms. The van der Waals surface area contributed by atoms with Crippen molar-refractivity contribution in [3.63, 3.8) is 0 Å². The summed E-state index contributed by atoms with van der Waals surface area (Å²) in [5.74, 6) is 0.938. The van der Waals surface area contributed by atoms with E-state index in [4.69, 9.17) is 4.42 Å². The molecule has 3 atom stereocenters. The molecule has 1 heterocycles. The molecule has 1 aromatic heterocycles. The molecule has 2 rings (SSSR count). The summed E-state index contributed by atoms with van der Waals surface area (Å²) >= 11 is 0. The fraction of sp³-hybridized carbons (Fsp3) is 0.667. The van der Waals surface area contributed by atoms with Crippen molar-refractivity contribution in [1.29, 1.82) is 0 Å². The molecule has 84 valence electrons. The van der Waals surface area contributed by atoms with Gasteiger partial charge in [-0.15, -0.1) is 0 Å². The third-order valence-corrected chi connectivity index (χ3v) is 3.16. The van der Waals surface area contributed by atoms with Gasteiger partial charge in [-0.3, -0.25) is 0 Å². The van der Waals surface area contributed by atoms with Crippen LogP contribution in [-0.2, 0) is 0 Å². The molecule has 0 amide bonds. The van der Waals surface area contributed by atoms with Crippen molar-refractivity contribution in [1.82, 2.24) is 5.32 Å². The predicted molar refractivity (Wildman–Crippen MR) is 58.5 cm³/mol. The maximum atomic E-state index is 9.82. The van der Waals surface area contributed by atoms with Gasteiger partial charge in [0.25, 0.3) is 0 Å². The average Bonchev–Trinajstić information content (AvgIpc) is 2.74. The lowest BCUT2D eigenvalue weighted by Gasteiger charge is -2.30. The molecule has 0 saturated heterocycles. The Balaban J connectivity index is 1.90. The van der Waals surface area contributed by atoms with Crippen LogP contribution in [0.1, 0.15) is 44.4 Å². The van der Waals surface area contributed by atoms with Crippen LogP contribution in [0, 0.1) is 0 Å². The third kappa shape index (κ3) is 2.61. The summed E-state index contributed by atoms with van der Waals surface area (Å²) in [5, 5.41) is 13.2. The van der Waals surface area contributed by atoms with Crippen molar-refractivity contribution in [2.24, 2.45) is 0 Å². The number of hydrogen-bond acceptors (Lipinski definition) is 3. The van der Waals surface area contributed by atoms with Gasteiger partial charge in [0.2, 0.25) is 0 Å². The van der Waals surface area contributed by atoms with Gasteiger partial charge in [0.1, 0.15) is 5.76 Å². The van der Waals surface area contributed by atoms with Gasteiger partial charge >= 0.3 is 0 Å². The minimum Gasteiger partial charge on any atom is -0.468 e. The Kier molecular flexibility index (Phi) is 3.44. The van der Waals surface area contributed by atoms with E-state index in [-0.39, 0.29) is 18.2 Å². The summed E-state index contributed by atoms with van der Waals surface area (Å²) in [7, 11) is 0. The van der Waals surface area contributed by atoms with Gasteiger partial charge in [-0.2, -0.15) is 0 Å². The first-order valence-electron chi connectivity index (χ1n) is 5.75. The molecule has 1 aromatic rings. The average molecular weight is 209 g/mol. The van der Waals surface area contributed by atoms with Crippen molar-refractivity contribution >= 4 is 0 Å². The molecule has 0 spiro atoms. The molecule has 1 aliphatic carbocycles. The first kappa shape index (κ1) is 10.7. The lowest BCUT2D eigenvalue weighted by molar-refractivity contribution is 0.0845. The third-order valence-electron chi connectivity index (χ3n) is 3.16. The largest absolute Gasteiger partial charge is 0.468 e. The number of aliphatic hydroxyl groups is 1. The fourth-order valence-electron chi connectivity index (χ4n) is 2.25. The minimum absolute atomic E-state index is 0.178. The number of furan rings is 1. The second-order valence-corrected chi connectivity index (χ2v) is 4.36. The first-order valence-corrected chi connectivity index (χ1v) is 5.75. The van der Waals surface area contributed by atoms with Crippen LogP contribution in [0.2, 0.25) is 0 Å². The maximum Gasteiger partial charge on any atom is 0.120 e. The molecule has 0 unspecified atom stereocenters. The summed E-state index contributed by atoms with van der Waals surface area (Å²) in [5.41, 5.74) is 0. The quantitative estimate of drug-likeness (QED) is 0.802. The lowest BCUT2D eigenvalue weighted by atomic mass is 9.92. The van der Waals surface area contributed by atoms with E-state index in [1.54, 1.807) is 6.26 Å². The molecule has 3 heteroatoms. The molecular weight excluding hydrogens is 190 g/mol. The van der Waals surface area contributed by atoms with E-state index in [0.717, 1.165) is 25.0 Å². The van der Waals surface area contributed by atoms with Gasteiger partial charge in [-0.1, -0.05) is 12.8 Å². The van der Waals surface area contributed by atoms with Crippen LogP contribution in [-0.4, -0.2) is 17.3 Å². The molecule has 1 aliphatic rings. The van der Waals surface area contributed by atoms with E-state index >= 15 is 0 Å². The highest BCUT2D eigenvalue weighted by atomic mass is 16.3. The summed E-state index contributed by atoms with van der Waals surface area (Å²) in [6.45, 7) is 2.07. The zero-order chi connectivity index (χ0) is 10.7. The Morgan fingerprint density at radius 2 is 2.27 bits per heavy atom. The predicted octanol–water partition coefficient (Wildman–Crippen LogP) is 2.23. The van der Waals surface area contributed by atoms with Crippen molar-refractivity contribution < 1.29 is 9.52 Å². The van der Waals surface area contributed by atoms with Gasteiger partial charge < -0.3 is 14.8 Å². The fourth-order valence-corrected chi connectivity index (χ4v) is 2.25. The van der Waals surface area contributed by atoms with Crippen LogP contribution in [0.5, 0.6) is 0 Å². The van der Waals surface area contributed by atoms with Crippen LogP contribution >= 0.6 is 0 Å². The second-order valence-electron chi connectivity index (χ2n) is 4.36. The van der Waals surface area contributed by atoms with Crippen LogP contribution in [0.4, 0.5) is 0 Å². The van der Waals surface area contributed by atoms with Crippen molar-refractivity contribution in [3.8, 4) is 0 Å². The molecule has 0 aromatic carbocycles. The van der Waals surface area contributed by atoms with E-state index < -0.39 is 0 Å². The van der Waals surface area contributed by atoms with E-state index in [0.29, 0.717) is 0 Å². The number of nitrogens with one attached hydrogen (secondary N) is 1. The molecule has 1 fully saturated rings. The molecule has 15 heavy (non-hydrogen) atoms. The van der Waals surface area contributed by atoms with Gasteiger partial charge in [-0.05, 0) is 31.9 Å². The van der Waals surface area contributed by atoms with Crippen molar-refractivity contribution in [2.45, 2.75) is 50.8 Å². The standard InChI is InChI=1S/C12H19NO2/c1-9(12-7-4-8-15-12)13-10-5-2-3-6-11(10)14/h4,7-11,13-14H,2-3,5-6H2,1H3/t9-,10+,11-/m0/s1. The zero-order valence-electron chi connectivity index (χ0n) is 9.15.